The summed E-state index contributed by atoms with van der Waals surface area (Å²) in [5.74, 6) is 0.0416. The van der Waals surface area contributed by atoms with E-state index in [0.29, 0.717) is 0 Å². The second-order valence-electron chi connectivity index (χ2n) is 9.12. The van der Waals surface area contributed by atoms with Crippen LogP contribution in [0.2, 0.25) is 0 Å². The fourth-order valence-electron chi connectivity index (χ4n) is 5.32. The first-order chi connectivity index (χ1) is 18.4. The van der Waals surface area contributed by atoms with Gasteiger partial charge in [-0.05, 0) is 47.5 Å². The highest BCUT2D eigenvalue weighted by atomic mass is 32.1. The molecule has 0 aliphatic carbocycles. The molecule has 0 radical (unpaired) electrons. The van der Waals surface area contributed by atoms with Crippen LogP contribution in [0.25, 0.3) is 38.1 Å². The molecular weight excluding hydrogens is 470 g/mol. The summed E-state index contributed by atoms with van der Waals surface area (Å²) < 4.78 is 2.38. The molecule has 0 aliphatic rings. The lowest BCUT2D eigenvalue weighted by Gasteiger charge is -2.18. The van der Waals surface area contributed by atoms with E-state index in [1.165, 1.54) is 32.9 Å². The van der Waals surface area contributed by atoms with Crippen LogP contribution in [-0.4, -0.2) is 14.5 Å². The predicted molar refractivity (Wildman–Crippen MR) is 154 cm³/mol. The fraction of sp³-hybridized carbons (Fsp3) is 0.0303. The Balaban J connectivity index is 1.48. The van der Waals surface area contributed by atoms with Gasteiger partial charge in [0, 0.05) is 39.8 Å². The minimum absolute atomic E-state index is 0.0416. The Morgan fingerprint density at radius 3 is 2.27 bits per heavy atom. The number of nitrogens with zero attached hydrogens (tertiary/aromatic N) is 3. The van der Waals surface area contributed by atoms with Crippen LogP contribution in [-0.2, 0) is 0 Å². The Labute approximate surface area is 219 Å². The monoisotopic (exact) mass is 493 g/mol. The summed E-state index contributed by atoms with van der Waals surface area (Å²) in [5, 5.41) is 5.54. The third-order valence-electron chi connectivity index (χ3n) is 6.93. The highest BCUT2D eigenvalue weighted by molar-refractivity contribution is 7.13. The normalized spacial score (nSPS) is 12.2. The van der Waals surface area contributed by atoms with Crippen molar-refractivity contribution < 1.29 is 0 Å². The third-order valence-corrected chi connectivity index (χ3v) is 7.75. The smallest absolute Gasteiger partial charge is 0.123 e. The van der Waals surface area contributed by atoms with E-state index in [1.54, 1.807) is 11.3 Å². The molecule has 3 aromatic heterocycles. The van der Waals surface area contributed by atoms with Crippen LogP contribution < -0.4 is 0 Å². The molecule has 0 saturated carbocycles. The zero-order valence-corrected chi connectivity index (χ0v) is 20.8. The van der Waals surface area contributed by atoms with Crippen molar-refractivity contribution in [1.29, 1.82) is 0 Å². The number of hydrogen-bond donors (Lipinski definition) is 0. The summed E-state index contributed by atoms with van der Waals surface area (Å²) >= 11 is 1.66. The largest absolute Gasteiger partial charge is 0.309 e. The van der Waals surface area contributed by atoms with Crippen molar-refractivity contribution in [3.05, 3.63) is 150 Å². The summed E-state index contributed by atoms with van der Waals surface area (Å²) in [6.07, 6.45) is 3.74. The van der Waals surface area contributed by atoms with Crippen LogP contribution >= 0.6 is 11.3 Å². The first kappa shape index (κ1) is 21.7. The Kier molecular flexibility index (Phi) is 5.38. The molecule has 0 N–H and O–H groups in total. The lowest BCUT2D eigenvalue weighted by molar-refractivity contribution is 0.919. The Hall–Kier alpha value is -4.54. The topological polar surface area (TPSA) is 30.7 Å². The molecule has 0 spiro atoms. The predicted octanol–water partition coefficient (Wildman–Crippen LogP) is 8.48. The van der Waals surface area contributed by atoms with Crippen LogP contribution in [0, 0.1) is 0 Å². The molecule has 1 unspecified atom stereocenters. The fourth-order valence-corrected chi connectivity index (χ4v) is 5.95. The molecule has 0 aliphatic heterocycles. The number of fused-ring (bicyclic) bond motifs is 3. The van der Waals surface area contributed by atoms with E-state index in [9.17, 15) is 0 Å². The van der Waals surface area contributed by atoms with Crippen molar-refractivity contribution in [1.82, 2.24) is 14.5 Å². The molecule has 7 rings (SSSR count). The molecule has 3 heterocycles. The number of aromatic nitrogens is 3. The van der Waals surface area contributed by atoms with Gasteiger partial charge >= 0.3 is 0 Å². The number of rotatable bonds is 5. The summed E-state index contributed by atoms with van der Waals surface area (Å²) in [6, 6.07) is 41.0. The Morgan fingerprint density at radius 2 is 1.43 bits per heavy atom. The second-order valence-corrected chi connectivity index (χ2v) is 10.0. The Bertz CT molecular complexity index is 1780. The zero-order valence-electron chi connectivity index (χ0n) is 20.0. The minimum Gasteiger partial charge on any atom is -0.309 e. The van der Waals surface area contributed by atoms with Crippen LogP contribution in [0.15, 0.2) is 133 Å². The molecule has 4 aromatic carbocycles. The summed E-state index contributed by atoms with van der Waals surface area (Å²) in [5.41, 5.74) is 8.13. The SMILES string of the molecule is c1ccc(C(c2ccc3c4ccccc4n(-c4cccc(-c5nccs5)c4)c3c2)c2ccccn2)cc1. The Morgan fingerprint density at radius 1 is 0.595 bits per heavy atom. The van der Waals surface area contributed by atoms with Crippen LogP contribution in [0.1, 0.15) is 22.7 Å². The lowest BCUT2D eigenvalue weighted by atomic mass is 9.87. The minimum atomic E-state index is 0.0416. The summed E-state index contributed by atoms with van der Waals surface area (Å²) in [4.78, 5) is 9.30. The van der Waals surface area contributed by atoms with Gasteiger partial charge < -0.3 is 4.57 Å². The average Bonchev–Trinajstić information content (AvgIpc) is 3.61. The van der Waals surface area contributed by atoms with E-state index in [1.807, 2.05) is 23.8 Å². The van der Waals surface area contributed by atoms with E-state index in [-0.39, 0.29) is 5.92 Å². The first-order valence-corrected chi connectivity index (χ1v) is 13.2. The van der Waals surface area contributed by atoms with E-state index in [2.05, 4.69) is 119 Å². The highest BCUT2D eigenvalue weighted by Gasteiger charge is 2.20. The molecular formula is C33H23N3S. The van der Waals surface area contributed by atoms with Gasteiger partial charge in [0.05, 0.1) is 22.6 Å². The van der Waals surface area contributed by atoms with Gasteiger partial charge in [0.15, 0.2) is 0 Å². The maximum atomic E-state index is 4.76. The van der Waals surface area contributed by atoms with E-state index < -0.39 is 0 Å². The molecule has 0 bridgehead atoms. The molecule has 176 valence electrons. The highest BCUT2D eigenvalue weighted by Crippen LogP contribution is 2.37. The van der Waals surface area contributed by atoms with E-state index in [0.717, 1.165) is 22.0 Å². The quantitative estimate of drug-likeness (QED) is 0.241. The van der Waals surface area contributed by atoms with Gasteiger partial charge in [0.2, 0.25) is 0 Å². The summed E-state index contributed by atoms with van der Waals surface area (Å²) in [7, 11) is 0. The van der Waals surface area contributed by atoms with Crippen molar-refractivity contribution in [2.24, 2.45) is 0 Å². The van der Waals surface area contributed by atoms with Crippen molar-refractivity contribution >= 4 is 33.1 Å². The van der Waals surface area contributed by atoms with Crippen molar-refractivity contribution in [2.45, 2.75) is 5.92 Å². The number of hydrogen-bond acceptors (Lipinski definition) is 3. The molecule has 0 saturated heterocycles. The van der Waals surface area contributed by atoms with Gasteiger partial charge in [0.25, 0.3) is 0 Å². The lowest BCUT2D eigenvalue weighted by Crippen LogP contribution is -2.05. The van der Waals surface area contributed by atoms with Crippen LogP contribution in [0.5, 0.6) is 0 Å². The van der Waals surface area contributed by atoms with Crippen molar-refractivity contribution in [2.75, 3.05) is 0 Å². The van der Waals surface area contributed by atoms with Gasteiger partial charge in [-0.2, -0.15) is 0 Å². The number of benzene rings is 4. The molecule has 3 nitrogen and oxygen atoms in total. The maximum absolute atomic E-state index is 4.76. The third kappa shape index (κ3) is 3.83. The van der Waals surface area contributed by atoms with E-state index in [4.69, 9.17) is 4.98 Å². The number of para-hydroxylation sites is 1. The average molecular weight is 494 g/mol. The van der Waals surface area contributed by atoms with Crippen molar-refractivity contribution in [3.63, 3.8) is 0 Å². The van der Waals surface area contributed by atoms with E-state index >= 15 is 0 Å². The second kappa shape index (κ2) is 9.16. The van der Waals surface area contributed by atoms with Crippen LogP contribution in [0.3, 0.4) is 0 Å². The van der Waals surface area contributed by atoms with Gasteiger partial charge in [-0.25, -0.2) is 4.98 Å². The number of thiazole rings is 1. The molecule has 7 aromatic rings. The molecule has 4 heteroatoms. The maximum Gasteiger partial charge on any atom is 0.123 e. The first-order valence-electron chi connectivity index (χ1n) is 12.4. The molecule has 0 fully saturated rings. The van der Waals surface area contributed by atoms with Gasteiger partial charge in [-0.3, -0.25) is 4.98 Å². The standard InChI is InChI=1S/C33H23N3S/c1-2-9-23(10-3-1)32(29-14-6-7-18-34-29)24-16-17-28-27-13-4-5-15-30(27)36(31(28)22-24)26-12-8-11-25(21-26)33-35-19-20-37-33/h1-22,32H. The molecule has 1 atom stereocenters. The number of pyridine rings is 1. The zero-order chi connectivity index (χ0) is 24.6. The molecule has 37 heavy (non-hydrogen) atoms. The van der Waals surface area contributed by atoms with Gasteiger partial charge in [-0.1, -0.05) is 78.9 Å². The van der Waals surface area contributed by atoms with Gasteiger partial charge in [-0.15, -0.1) is 11.3 Å². The van der Waals surface area contributed by atoms with Crippen LogP contribution in [0.4, 0.5) is 0 Å². The summed E-state index contributed by atoms with van der Waals surface area (Å²) in [6.45, 7) is 0. The van der Waals surface area contributed by atoms with Crippen molar-refractivity contribution in [3.8, 4) is 16.3 Å². The van der Waals surface area contributed by atoms with Gasteiger partial charge in [0.1, 0.15) is 5.01 Å². The molecule has 0 amide bonds.